The summed E-state index contributed by atoms with van der Waals surface area (Å²) >= 11 is 0. The van der Waals surface area contributed by atoms with Crippen LogP contribution in [-0.2, 0) is 13.0 Å². The van der Waals surface area contributed by atoms with Crippen LogP contribution in [0.4, 0.5) is 25.3 Å². The third-order valence-corrected chi connectivity index (χ3v) is 8.37. The molecule has 1 aliphatic rings. The lowest BCUT2D eigenvalue weighted by atomic mass is 10.1. The molecule has 0 saturated carbocycles. The number of benzene rings is 1. The molecule has 11 nitrogen and oxygen atoms in total. The fourth-order valence-electron chi connectivity index (χ4n) is 5.95. The van der Waals surface area contributed by atoms with E-state index in [0.717, 1.165) is 50.1 Å². The molecule has 0 unspecified atom stereocenters. The van der Waals surface area contributed by atoms with Crippen molar-refractivity contribution >= 4 is 28.9 Å². The zero-order valence-electron chi connectivity index (χ0n) is 27.6. The molecule has 0 aliphatic carbocycles. The second-order valence-corrected chi connectivity index (χ2v) is 13.2. The molecule has 1 aromatic carbocycles. The van der Waals surface area contributed by atoms with Gasteiger partial charge in [0.15, 0.2) is 11.6 Å². The van der Waals surface area contributed by atoms with Gasteiger partial charge in [0.2, 0.25) is 5.95 Å². The number of nitrogens with one attached hydrogen (secondary N) is 1. The first kappa shape index (κ1) is 33.1. The molecule has 4 aromatic rings. The van der Waals surface area contributed by atoms with Crippen molar-refractivity contribution in [1.29, 1.82) is 0 Å². The van der Waals surface area contributed by atoms with E-state index in [1.54, 1.807) is 6.07 Å². The molecule has 0 saturated heterocycles. The molecule has 4 heterocycles. The van der Waals surface area contributed by atoms with Crippen LogP contribution >= 0.6 is 0 Å². The molecular weight excluding hydrogens is 592 g/mol. The molecule has 0 radical (unpaired) electrons. The average Bonchev–Trinajstić information content (AvgIpc) is 3.32. The Labute approximate surface area is 268 Å². The Balaban J connectivity index is 1.23. The molecule has 0 spiro atoms. The summed E-state index contributed by atoms with van der Waals surface area (Å²) in [7, 11) is 2.01. The minimum atomic E-state index is -0.903. The number of hydrogen-bond acceptors (Lipinski definition) is 8. The minimum Gasteiger partial charge on any atom is -0.465 e. The van der Waals surface area contributed by atoms with Crippen LogP contribution in [0, 0.1) is 18.6 Å². The van der Waals surface area contributed by atoms with E-state index in [1.165, 1.54) is 11.0 Å². The molecule has 46 heavy (non-hydrogen) atoms. The largest absolute Gasteiger partial charge is 0.465 e. The molecule has 246 valence electrons. The SMILES string of the molecule is Cc1nc2c(F)cc(-c3nc(Nc4ccc5c(n4)CCN(CCN(C)CCN(C(=O)O)C(C)(C)C)C5)ncc3F)cc2n1C(C)C. The number of aromatic nitrogens is 5. The van der Waals surface area contributed by atoms with E-state index in [-0.39, 0.29) is 23.2 Å². The maximum atomic E-state index is 15.1. The summed E-state index contributed by atoms with van der Waals surface area (Å²) in [4.78, 5) is 35.3. The third-order valence-electron chi connectivity index (χ3n) is 8.37. The number of rotatable bonds is 10. The van der Waals surface area contributed by atoms with Crippen LogP contribution in [0.5, 0.6) is 0 Å². The Kier molecular flexibility index (Phi) is 9.54. The first-order chi connectivity index (χ1) is 21.7. The number of fused-ring (bicyclic) bond motifs is 2. The van der Waals surface area contributed by atoms with Crippen LogP contribution in [0.2, 0.25) is 0 Å². The van der Waals surface area contributed by atoms with E-state index in [4.69, 9.17) is 4.98 Å². The molecule has 1 aliphatic heterocycles. The summed E-state index contributed by atoms with van der Waals surface area (Å²) in [6, 6.07) is 6.89. The molecule has 0 atom stereocenters. The Hall–Kier alpha value is -4.23. The summed E-state index contributed by atoms with van der Waals surface area (Å²) in [6.45, 7) is 15.9. The molecular formula is C33H43F2N9O2. The number of anilines is 2. The van der Waals surface area contributed by atoms with Gasteiger partial charge in [0, 0.05) is 68.5 Å². The Morgan fingerprint density at radius 3 is 2.54 bits per heavy atom. The lowest BCUT2D eigenvalue weighted by molar-refractivity contribution is 0.0920. The minimum absolute atomic E-state index is 0.0138. The first-order valence-electron chi connectivity index (χ1n) is 15.6. The van der Waals surface area contributed by atoms with Crippen molar-refractivity contribution in [2.75, 3.05) is 45.1 Å². The maximum Gasteiger partial charge on any atom is 0.407 e. The Morgan fingerprint density at radius 2 is 1.85 bits per heavy atom. The van der Waals surface area contributed by atoms with Gasteiger partial charge in [-0.15, -0.1) is 0 Å². The van der Waals surface area contributed by atoms with Crippen LogP contribution in [-0.4, -0.2) is 95.7 Å². The van der Waals surface area contributed by atoms with E-state index >= 15 is 4.39 Å². The molecule has 5 rings (SSSR count). The quantitative estimate of drug-likeness (QED) is 0.221. The van der Waals surface area contributed by atoms with Crippen molar-refractivity contribution in [3.63, 3.8) is 0 Å². The topological polar surface area (TPSA) is 116 Å². The average molecular weight is 636 g/mol. The Morgan fingerprint density at radius 1 is 1.09 bits per heavy atom. The normalized spacial score (nSPS) is 13.9. The molecule has 0 bridgehead atoms. The van der Waals surface area contributed by atoms with E-state index in [9.17, 15) is 14.3 Å². The number of hydrogen-bond donors (Lipinski definition) is 2. The van der Waals surface area contributed by atoms with Gasteiger partial charge in [-0.3, -0.25) is 4.90 Å². The zero-order valence-corrected chi connectivity index (χ0v) is 27.6. The van der Waals surface area contributed by atoms with E-state index < -0.39 is 23.3 Å². The summed E-state index contributed by atoms with van der Waals surface area (Å²) in [6.07, 6.45) is 0.941. The van der Waals surface area contributed by atoms with Gasteiger partial charge < -0.3 is 24.8 Å². The zero-order chi connectivity index (χ0) is 33.3. The van der Waals surface area contributed by atoms with E-state index in [2.05, 4.69) is 30.1 Å². The van der Waals surface area contributed by atoms with Crippen molar-refractivity contribution < 1.29 is 18.7 Å². The standard InChI is InChI=1S/C33H43F2N9O2/c1-20(2)44-21(3)37-30-24(34)16-23(17-27(30)44)29-25(35)18-36-31(40-29)39-28-9-8-22-19-42(11-10-26(22)38-28)14-12-41(7)13-15-43(32(45)46)33(4,5)6/h8-9,16-18,20H,10-15,19H2,1-7H3,(H,45,46)(H,36,38,39,40). The molecule has 0 fully saturated rings. The number of imidazole rings is 1. The summed E-state index contributed by atoms with van der Waals surface area (Å²) in [5, 5.41) is 12.6. The van der Waals surface area contributed by atoms with Crippen molar-refractivity contribution in [1.82, 2.24) is 39.2 Å². The summed E-state index contributed by atoms with van der Waals surface area (Å²) < 4.78 is 32.0. The van der Waals surface area contributed by atoms with Crippen LogP contribution in [0.3, 0.4) is 0 Å². The van der Waals surface area contributed by atoms with Crippen molar-refractivity contribution in [3.8, 4) is 11.3 Å². The third kappa shape index (κ3) is 7.26. The van der Waals surface area contributed by atoms with Gasteiger partial charge in [-0.1, -0.05) is 6.07 Å². The van der Waals surface area contributed by atoms with Gasteiger partial charge in [-0.25, -0.2) is 33.5 Å². The Bertz CT molecular complexity index is 1730. The fourth-order valence-corrected chi connectivity index (χ4v) is 5.95. The smallest absolute Gasteiger partial charge is 0.407 e. The summed E-state index contributed by atoms with van der Waals surface area (Å²) in [5.74, 6) is 0.188. The van der Waals surface area contributed by atoms with Gasteiger partial charge >= 0.3 is 6.09 Å². The molecule has 13 heteroatoms. The van der Waals surface area contributed by atoms with Gasteiger partial charge in [0.1, 0.15) is 22.9 Å². The monoisotopic (exact) mass is 635 g/mol. The first-order valence-corrected chi connectivity index (χ1v) is 15.6. The number of pyridine rings is 1. The van der Waals surface area contributed by atoms with Gasteiger partial charge in [-0.2, -0.15) is 0 Å². The number of halogens is 2. The van der Waals surface area contributed by atoms with Crippen LogP contribution in [0.15, 0.2) is 30.5 Å². The number of carboxylic acid groups (broad SMARTS) is 1. The fraction of sp³-hybridized carbons (Fsp3) is 0.485. The van der Waals surface area contributed by atoms with Crippen molar-refractivity contribution in [2.24, 2.45) is 0 Å². The molecule has 2 N–H and O–H groups in total. The predicted octanol–water partition coefficient (Wildman–Crippen LogP) is 5.87. The molecule has 1 amide bonds. The highest BCUT2D eigenvalue weighted by Gasteiger charge is 2.26. The van der Waals surface area contributed by atoms with E-state index in [0.29, 0.717) is 35.8 Å². The number of carbonyl (C=O) groups is 1. The lowest BCUT2D eigenvalue weighted by Crippen LogP contribution is -2.48. The highest BCUT2D eigenvalue weighted by Crippen LogP contribution is 2.30. The van der Waals surface area contributed by atoms with Gasteiger partial charge in [0.05, 0.1) is 11.7 Å². The number of nitrogens with zero attached hydrogens (tertiary/aromatic N) is 8. The highest BCUT2D eigenvalue weighted by molar-refractivity contribution is 5.83. The van der Waals surface area contributed by atoms with Gasteiger partial charge in [-0.05, 0) is 72.4 Å². The number of likely N-dealkylation sites (N-methyl/N-ethyl adjacent to an activating group) is 1. The van der Waals surface area contributed by atoms with Gasteiger partial charge in [0.25, 0.3) is 0 Å². The van der Waals surface area contributed by atoms with Crippen LogP contribution in [0.25, 0.3) is 22.3 Å². The summed E-state index contributed by atoms with van der Waals surface area (Å²) in [5.41, 5.74) is 2.77. The molecule has 3 aromatic heterocycles. The van der Waals surface area contributed by atoms with Crippen molar-refractivity contribution in [2.45, 2.75) is 66.1 Å². The predicted molar refractivity (Wildman–Crippen MR) is 174 cm³/mol. The second kappa shape index (κ2) is 13.2. The second-order valence-electron chi connectivity index (χ2n) is 13.2. The lowest BCUT2D eigenvalue weighted by Gasteiger charge is -2.35. The number of aryl methyl sites for hydroxylation is 1. The van der Waals surface area contributed by atoms with Crippen molar-refractivity contribution in [3.05, 3.63) is 59.2 Å². The number of amides is 1. The van der Waals surface area contributed by atoms with E-state index in [1.807, 2.05) is 65.3 Å². The maximum absolute atomic E-state index is 15.1. The van der Waals surface area contributed by atoms with Crippen LogP contribution < -0.4 is 5.32 Å². The highest BCUT2D eigenvalue weighted by atomic mass is 19.1. The van der Waals surface area contributed by atoms with Crippen LogP contribution in [0.1, 0.15) is 57.7 Å².